The number of nitrogens with two attached hydrogens (primary N) is 1. The molecule has 2 heterocycles. The number of nitrogens with zero attached hydrogens (tertiary/aromatic N) is 1. The molecule has 1 aromatic heterocycles. The van der Waals surface area contributed by atoms with Crippen molar-refractivity contribution in [3.63, 3.8) is 0 Å². The number of methoxy groups -OCH3 is 2. The Hall–Kier alpha value is -1.43. The van der Waals surface area contributed by atoms with Crippen LogP contribution in [0.1, 0.15) is 29.4 Å². The number of carbonyl (C=O) groups is 1. The maximum atomic E-state index is 11.7. The highest BCUT2D eigenvalue weighted by atomic mass is 32.1. The van der Waals surface area contributed by atoms with Gasteiger partial charge in [0.1, 0.15) is 15.6 Å². The lowest BCUT2D eigenvalue weighted by Gasteiger charge is -2.32. The highest BCUT2D eigenvalue weighted by molar-refractivity contribution is 7.19. The summed E-state index contributed by atoms with van der Waals surface area (Å²) in [5.74, 6) is 0.833. The summed E-state index contributed by atoms with van der Waals surface area (Å²) >= 11 is 1.35. The van der Waals surface area contributed by atoms with Gasteiger partial charge in [0.25, 0.3) is 0 Å². The molecule has 1 aromatic rings. The molecule has 1 aliphatic rings. The molecule has 0 bridgehead atoms. The van der Waals surface area contributed by atoms with Gasteiger partial charge in [-0.05, 0) is 18.8 Å². The number of anilines is 2. The third kappa shape index (κ3) is 2.63. The van der Waals surface area contributed by atoms with Gasteiger partial charge < -0.3 is 20.1 Å². The summed E-state index contributed by atoms with van der Waals surface area (Å²) in [4.78, 5) is 14.4. The molecule has 0 amide bonds. The van der Waals surface area contributed by atoms with E-state index in [1.807, 2.05) is 0 Å². The van der Waals surface area contributed by atoms with Gasteiger partial charge in [0.2, 0.25) is 0 Å². The van der Waals surface area contributed by atoms with Crippen LogP contribution < -0.4 is 15.4 Å². The van der Waals surface area contributed by atoms with Crippen molar-refractivity contribution in [3.8, 4) is 5.75 Å². The molecule has 2 N–H and O–H groups in total. The molecule has 2 rings (SSSR count). The number of thiophene rings is 1. The van der Waals surface area contributed by atoms with Crippen molar-refractivity contribution in [2.45, 2.75) is 19.8 Å². The average molecular weight is 284 g/mol. The summed E-state index contributed by atoms with van der Waals surface area (Å²) in [7, 11) is 2.94. The summed E-state index contributed by atoms with van der Waals surface area (Å²) in [6.07, 6.45) is 2.39. The molecule has 0 saturated carbocycles. The maximum absolute atomic E-state index is 11.7. The molecule has 0 spiro atoms. The second-order valence-corrected chi connectivity index (χ2v) is 5.87. The fraction of sp³-hybridized carbons (Fsp3) is 0.615. The molecule has 6 heteroatoms. The van der Waals surface area contributed by atoms with Crippen molar-refractivity contribution in [2.24, 2.45) is 5.92 Å². The molecule has 1 aliphatic heterocycles. The topological polar surface area (TPSA) is 64.8 Å². The number of hydrogen-bond donors (Lipinski definition) is 1. The second-order valence-electron chi connectivity index (χ2n) is 4.87. The molecule has 1 saturated heterocycles. The first-order chi connectivity index (χ1) is 9.08. The molecule has 0 radical (unpaired) electrons. The van der Waals surface area contributed by atoms with E-state index in [2.05, 4.69) is 11.8 Å². The quantitative estimate of drug-likeness (QED) is 0.863. The van der Waals surface area contributed by atoms with E-state index in [1.165, 1.54) is 24.9 Å². The number of rotatable bonds is 3. The van der Waals surface area contributed by atoms with Crippen molar-refractivity contribution in [2.75, 3.05) is 37.9 Å². The van der Waals surface area contributed by atoms with Crippen molar-refractivity contribution >= 4 is 28.0 Å². The van der Waals surface area contributed by atoms with Crippen LogP contribution >= 0.6 is 11.3 Å². The van der Waals surface area contributed by atoms with Crippen molar-refractivity contribution < 1.29 is 14.3 Å². The first kappa shape index (κ1) is 14.0. The van der Waals surface area contributed by atoms with Gasteiger partial charge in [-0.3, -0.25) is 0 Å². The maximum Gasteiger partial charge on any atom is 0.350 e. The first-order valence-electron chi connectivity index (χ1n) is 6.38. The minimum absolute atomic E-state index is 0.382. The summed E-state index contributed by atoms with van der Waals surface area (Å²) in [6.45, 7) is 4.18. The minimum atomic E-state index is -0.405. The average Bonchev–Trinajstić information content (AvgIpc) is 2.75. The molecule has 1 fully saturated rings. The van der Waals surface area contributed by atoms with Crippen LogP contribution in [0.25, 0.3) is 0 Å². The van der Waals surface area contributed by atoms with E-state index in [-0.39, 0.29) is 0 Å². The van der Waals surface area contributed by atoms with Crippen LogP contribution in [0, 0.1) is 5.92 Å². The zero-order valence-corrected chi connectivity index (χ0v) is 12.4. The number of carbonyl (C=O) groups excluding carboxylic acids is 1. The number of esters is 1. The van der Waals surface area contributed by atoms with Crippen LogP contribution in [-0.4, -0.2) is 33.3 Å². The Morgan fingerprint density at radius 2 is 2.21 bits per heavy atom. The normalized spacial score (nSPS) is 19.3. The van der Waals surface area contributed by atoms with Gasteiger partial charge in [-0.1, -0.05) is 6.92 Å². The molecular formula is C13H20N2O3S. The van der Waals surface area contributed by atoms with Gasteiger partial charge in [-0.15, -0.1) is 11.3 Å². The largest absolute Gasteiger partial charge is 0.492 e. The molecule has 1 atom stereocenters. The van der Waals surface area contributed by atoms with Crippen LogP contribution in [0.15, 0.2) is 0 Å². The predicted octanol–water partition coefficient (Wildman–Crippen LogP) is 2.36. The number of hydrogen-bond acceptors (Lipinski definition) is 6. The van der Waals surface area contributed by atoms with Crippen LogP contribution in [0.5, 0.6) is 5.75 Å². The lowest BCUT2D eigenvalue weighted by molar-refractivity contribution is 0.0607. The molecule has 19 heavy (non-hydrogen) atoms. The fourth-order valence-electron chi connectivity index (χ4n) is 2.44. The third-order valence-electron chi connectivity index (χ3n) is 3.40. The van der Waals surface area contributed by atoms with Crippen LogP contribution in [0.4, 0.5) is 10.7 Å². The summed E-state index contributed by atoms with van der Waals surface area (Å²) in [6, 6.07) is 0. The predicted molar refractivity (Wildman–Crippen MR) is 77.2 cm³/mol. The van der Waals surface area contributed by atoms with Crippen LogP contribution in [0.2, 0.25) is 0 Å². The number of nitrogen functional groups attached to an aromatic ring is 1. The standard InChI is InChI=1S/C13H20N2O3S/c1-8-5-4-6-15(7-8)12-10(17-2)9(14)11(19-12)13(16)18-3/h8H,4-7,14H2,1-3H3. The van der Waals surface area contributed by atoms with Gasteiger partial charge in [-0.2, -0.15) is 0 Å². The SMILES string of the molecule is COC(=O)c1sc(N2CCCC(C)C2)c(OC)c1N. The van der Waals surface area contributed by atoms with E-state index in [9.17, 15) is 4.79 Å². The van der Waals surface area contributed by atoms with Crippen molar-refractivity contribution in [3.05, 3.63) is 4.88 Å². The Labute approximate surface area is 117 Å². The first-order valence-corrected chi connectivity index (χ1v) is 7.19. The zero-order valence-electron chi connectivity index (χ0n) is 11.6. The minimum Gasteiger partial charge on any atom is -0.492 e. The van der Waals surface area contributed by atoms with Crippen molar-refractivity contribution in [1.29, 1.82) is 0 Å². The van der Waals surface area contributed by atoms with Gasteiger partial charge in [-0.25, -0.2) is 4.79 Å². The fourth-order valence-corrected chi connectivity index (χ4v) is 3.58. The molecule has 1 unspecified atom stereocenters. The highest BCUT2D eigenvalue weighted by Crippen LogP contribution is 2.45. The monoisotopic (exact) mass is 284 g/mol. The third-order valence-corrected chi connectivity index (χ3v) is 4.63. The summed E-state index contributed by atoms with van der Waals surface area (Å²) in [5, 5.41) is 0.937. The lowest BCUT2D eigenvalue weighted by Crippen LogP contribution is -2.33. The van der Waals surface area contributed by atoms with Gasteiger partial charge in [0.05, 0.1) is 14.2 Å². The van der Waals surface area contributed by atoms with E-state index < -0.39 is 5.97 Å². The number of piperidine rings is 1. The van der Waals surface area contributed by atoms with Gasteiger partial charge >= 0.3 is 5.97 Å². The Kier molecular flexibility index (Phi) is 4.19. The van der Waals surface area contributed by atoms with E-state index in [0.717, 1.165) is 24.5 Å². The molecule has 0 aromatic carbocycles. The van der Waals surface area contributed by atoms with Crippen LogP contribution in [0.3, 0.4) is 0 Å². The highest BCUT2D eigenvalue weighted by Gasteiger charge is 2.27. The second kappa shape index (κ2) is 5.69. The Balaban J connectivity index is 2.36. The van der Waals surface area contributed by atoms with E-state index in [0.29, 0.717) is 22.2 Å². The Morgan fingerprint density at radius 1 is 1.47 bits per heavy atom. The zero-order chi connectivity index (χ0) is 14.0. The Morgan fingerprint density at radius 3 is 2.79 bits per heavy atom. The van der Waals surface area contributed by atoms with Crippen LogP contribution in [-0.2, 0) is 4.74 Å². The smallest absolute Gasteiger partial charge is 0.350 e. The van der Waals surface area contributed by atoms with Gasteiger partial charge in [0.15, 0.2) is 5.75 Å². The molecule has 106 valence electrons. The lowest BCUT2D eigenvalue weighted by atomic mass is 10.0. The molecular weight excluding hydrogens is 264 g/mol. The summed E-state index contributed by atoms with van der Waals surface area (Å²) in [5.41, 5.74) is 6.37. The van der Waals surface area contributed by atoms with Gasteiger partial charge in [0, 0.05) is 13.1 Å². The molecule has 5 nitrogen and oxygen atoms in total. The van der Waals surface area contributed by atoms with E-state index >= 15 is 0 Å². The Bertz CT molecular complexity index is 473. The number of ether oxygens (including phenoxy) is 2. The van der Waals surface area contributed by atoms with E-state index in [1.54, 1.807) is 7.11 Å². The van der Waals surface area contributed by atoms with E-state index in [4.69, 9.17) is 15.2 Å². The summed E-state index contributed by atoms with van der Waals surface area (Å²) < 4.78 is 10.1. The molecule has 0 aliphatic carbocycles. The van der Waals surface area contributed by atoms with Crippen molar-refractivity contribution in [1.82, 2.24) is 0 Å².